The van der Waals surface area contributed by atoms with Crippen LogP contribution in [0.4, 0.5) is 0 Å². The van der Waals surface area contributed by atoms with Gasteiger partial charge in [-0.25, -0.2) is 0 Å². The van der Waals surface area contributed by atoms with Gasteiger partial charge in [-0.3, -0.25) is 9.45 Å². The molecule has 0 unspecified atom stereocenters. The van der Waals surface area contributed by atoms with E-state index in [1.54, 1.807) is 0 Å². The summed E-state index contributed by atoms with van der Waals surface area (Å²) in [6.45, 7) is 3.17. The second-order valence-electron chi connectivity index (χ2n) is 2.74. The maximum atomic E-state index is 10.4. The molecule has 1 N–H and O–H groups in total. The normalized spacial score (nSPS) is 19.5. The predicted octanol–water partition coefficient (Wildman–Crippen LogP) is -0.949. The van der Waals surface area contributed by atoms with Gasteiger partial charge >= 0.3 is 37.7 Å². The smallest absolute Gasteiger partial charge is 1.00 e. The van der Waals surface area contributed by atoms with Crippen molar-refractivity contribution in [2.24, 2.45) is 0 Å². The number of hydrogen-bond acceptors (Lipinski definition) is 4. The summed E-state index contributed by atoms with van der Waals surface area (Å²) in [5, 5.41) is 0. The van der Waals surface area contributed by atoms with Crippen molar-refractivity contribution in [1.29, 1.82) is 0 Å². The van der Waals surface area contributed by atoms with Crippen molar-refractivity contribution in [3.8, 4) is 0 Å². The van der Waals surface area contributed by atoms with Gasteiger partial charge in [-0.15, -0.1) is 0 Å². The second kappa shape index (κ2) is 6.55. The molecular formula is C6H15CaNO4S. The van der Waals surface area contributed by atoms with Crippen LogP contribution in [-0.2, 0) is 14.9 Å². The molecule has 0 radical (unpaired) electrons. The molecule has 0 aromatic heterocycles. The minimum atomic E-state index is -3.81. The monoisotopic (exact) mass is 237 g/mol. The summed E-state index contributed by atoms with van der Waals surface area (Å²) in [7, 11) is -3.81. The molecule has 1 aliphatic rings. The Balaban J connectivity index is -0.000000480. The van der Waals surface area contributed by atoms with Gasteiger partial charge < -0.3 is 7.59 Å². The fraction of sp³-hybridized carbons (Fsp3) is 1.00. The molecular weight excluding hydrogens is 222 g/mol. The number of morpholine rings is 1. The van der Waals surface area contributed by atoms with Crippen molar-refractivity contribution in [2.75, 3.05) is 38.6 Å². The van der Waals surface area contributed by atoms with Gasteiger partial charge in [0, 0.05) is 19.6 Å². The van der Waals surface area contributed by atoms with Crippen molar-refractivity contribution < 1.29 is 20.6 Å². The Hall–Kier alpha value is 1.09. The Bertz CT molecular complexity index is 233. The SMILES string of the molecule is O=S(=O)(O)CCN1CCOCC1.[Ca+2].[H-].[H-]. The van der Waals surface area contributed by atoms with Gasteiger partial charge in [0.1, 0.15) is 0 Å². The molecule has 13 heavy (non-hydrogen) atoms. The van der Waals surface area contributed by atoms with Crippen LogP contribution < -0.4 is 0 Å². The van der Waals surface area contributed by atoms with Crippen LogP contribution in [0.15, 0.2) is 0 Å². The summed E-state index contributed by atoms with van der Waals surface area (Å²) in [4.78, 5) is 1.96. The summed E-state index contributed by atoms with van der Waals surface area (Å²) in [5.74, 6) is -0.188. The van der Waals surface area contributed by atoms with E-state index in [9.17, 15) is 8.42 Å². The molecule has 76 valence electrons. The molecule has 1 saturated heterocycles. The summed E-state index contributed by atoms with van der Waals surface area (Å²) in [5.41, 5.74) is 0. The number of ether oxygens (including phenoxy) is 1. The van der Waals surface area contributed by atoms with Crippen molar-refractivity contribution >= 4 is 47.9 Å². The van der Waals surface area contributed by atoms with Crippen LogP contribution in [0.3, 0.4) is 0 Å². The van der Waals surface area contributed by atoms with Crippen molar-refractivity contribution in [2.45, 2.75) is 0 Å². The van der Waals surface area contributed by atoms with Crippen molar-refractivity contribution in [3.63, 3.8) is 0 Å². The van der Waals surface area contributed by atoms with E-state index in [4.69, 9.17) is 9.29 Å². The standard InChI is InChI=1S/C6H13NO4S.Ca.2H/c8-12(9,10)6-3-7-1-4-11-5-2-7;;;/h1-6H2,(H,8,9,10);;;/q;+2;2*-1. The first-order valence-electron chi connectivity index (χ1n) is 3.83. The van der Waals surface area contributed by atoms with Gasteiger partial charge in [0.25, 0.3) is 10.1 Å². The van der Waals surface area contributed by atoms with E-state index in [-0.39, 0.29) is 46.3 Å². The number of rotatable bonds is 3. The van der Waals surface area contributed by atoms with Crippen LogP contribution in [0.5, 0.6) is 0 Å². The largest absolute Gasteiger partial charge is 2.00 e. The molecule has 0 saturated carbocycles. The summed E-state index contributed by atoms with van der Waals surface area (Å²) < 4.78 is 34.3. The maximum Gasteiger partial charge on any atom is 2.00 e. The molecule has 0 aliphatic carbocycles. The topological polar surface area (TPSA) is 66.8 Å². The molecule has 0 aromatic carbocycles. The van der Waals surface area contributed by atoms with Crippen LogP contribution in [-0.4, -0.2) is 94.2 Å². The fourth-order valence-corrected chi connectivity index (χ4v) is 1.56. The Labute approximate surface area is 111 Å². The third kappa shape index (κ3) is 7.07. The molecule has 1 heterocycles. The van der Waals surface area contributed by atoms with Crippen LogP contribution in [0.2, 0.25) is 0 Å². The van der Waals surface area contributed by atoms with E-state index >= 15 is 0 Å². The zero-order valence-electron chi connectivity index (χ0n) is 9.48. The Morgan fingerprint density at radius 2 is 1.92 bits per heavy atom. The summed E-state index contributed by atoms with van der Waals surface area (Å²) in [6.07, 6.45) is 0. The minimum absolute atomic E-state index is 0. The zero-order valence-corrected chi connectivity index (χ0v) is 10.5. The Kier molecular flexibility index (Phi) is 7.10. The van der Waals surface area contributed by atoms with Gasteiger partial charge in [-0.2, -0.15) is 8.42 Å². The van der Waals surface area contributed by atoms with E-state index in [1.165, 1.54) is 0 Å². The summed E-state index contributed by atoms with van der Waals surface area (Å²) in [6, 6.07) is 0. The molecule has 0 aromatic rings. The van der Waals surface area contributed by atoms with Gasteiger partial charge in [0.15, 0.2) is 0 Å². The van der Waals surface area contributed by atoms with Gasteiger partial charge in [0.2, 0.25) is 0 Å². The third-order valence-electron chi connectivity index (χ3n) is 1.77. The van der Waals surface area contributed by atoms with Crippen molar-refractivity contribution in [1.82, 2.24) is 4.90 Å². The first-order chi connectivity index (χ1) is 5.58. The first-order valence-corrected chi connectivity index (χ1v) is 5.44. The zero-order chi connectivity index (χ0) is 9.03. The Morgan fingerprint density at radius 3 is 2.38 bits per heavy atom. The Morgan fingerprint density at radius 1 is 1.38 bits per heavy atom. The van der Waals surface area contributed by atoms with Crippen LogP contribution >= 0.6 is 0 Å². The minimum Gasteiger partial charge on any atom is -1.00 e. The molecule has 0 spiro atoms. The second-order valence-corrected chi connectivity index (χ2v) is 4.31. The van der Waals surface area contributed by atoms with E-state index in [0.29, 0.717) is 19.8 Å². The molecule has 7 heteroatoms. The predicted molar refractivity (Wildman–Crippen MR) is 51.7 cm³/mol. The van der Waals surface area contributed by atoms with Gasteiger partial charge in [-0.1, -0.05) is 0 Å². The summed E-state index contributed by atoms with van der Waals surface area (Å²) >= 11 is 0. The molecule has 1 aliphatic heterocycles. The van der Waals surface area contributed by atoms with Crippen LogP contribution in [0.25, 0.3) is 0 Å². The fourth-order valence-electron chi connectivity index (χ4n) is 1.07. The third-order valence-corrected chi connectivity index (χ3v) is 2.47. The maximum absolute atomic E-state index is 10.4. The van der Waals surface area contributed by atoms with E-state index in [1.807, 2.05) is 4.90 Å². The van der Waals surface area contributed by atoms with Gasteiger partial charge in [-0.05, 0) is 0 Å². The van der Waals surface area contributed by atoms with E-state index in [2.05, 4.69) is 0 Å². The molecule has 0 bridgehead atoms. The molecule has 0 amide bonds. The molecule has 1 rings (SSSR count). The first kappa shape index (κ1) is 14.1. The van der Waals surface area contributed by atoms with E-state index < -0.39 is 10.1 Å². The van der Waals surface area contributed by atoms with Crippen LogP contribution in [0, 0.1) is 0 Å². The quantitative estimate of drug-likeness (QED) is 0.506. The van der Waals surface area contributed by atoms with Crippen LogP contribution in [0.1, 0.15) is 2.85 Å². The van der Waals surface area contributed by atoms with Gasteiger partial charge in [0.05, 0.1) is 19.0 Å². The van der Waals surface area contributed by atoms with Crippen molar-refractivity contribution in [3.05, 3.63) is 0 Å². The number of nitrogens with zero attached hydrogens (tertiary/aromatic N) is 1. The van der Waals surface area contributed by atoms with E-state index in [0.717, 1.165) is 13.1 Å². The molecule has 0 atom stereocenters. The number of hydrogen-bond donors (Lipinski definition) is 1. The average Bonchev–Trinajstić information content (AvgIpc) is 2.02. The average molecular weight is 237 g/mol. The molecule has 1 fully saturated rings. The molecule has 5 nitrogen and oxygen atoms in total.